The summed E-state index contributed by atoms with van der Waals surface area (Å²) < 4.78 is 22.6. The first-order valence-electron chi connectivity index (χ1n) is 7.66. The first kappa shape index (κ1) is 18.9. The maximum atomic E-state index is 12.5. The number of nitrogens with two attached hydrogens (primary N) is 1. The van der Waals surface area contributed by atoms with Crippen molar-refractivity contribution in [3.05, 3.63) is 52.3 Å². The molecule has 2 aromatic rings. The summed E-state index contributed by atoms with van der Waals surface area (Å²) in [6.07, 6.45) is 0. The third-order valence-electron chi connectivity index (χ3n) is 4.07. The lowest BCUT2D eigenvalue weighted by molar-refractivity contribution is 0.0934. The third-order valence-corrected chi connectivity index (χ3v) is 5.00. The highest BCUT2D eigenvalue weighted by atomic mass is 32.2. The van der Waals surface area contributed by atoms with E-state index in [4.69, 9.17) is 5.14 Å². The second-order valence-corrected chi connectivity index (χ2v) is 7.55. The molecule has 1 atom stereocenters. The lowest BCUT2D eigenvalue weighted by atomic mass is 10.1. The van der Waals surface area contributed by atoms with Crippen molar-refractivity contribution < 1.29 is 18.0 Å². The number of sulfonamides is 1. The lowest BCUT2D eigenvalue weighted by Crippen LogP contribution is -2.27. The standard InChI is InChI=1S/C17H21N3O4S/c1-9-15(12(4)21)11(3)19-16(9)17(22)20-10(2)13-5-7-14(8-6-13)25(18,23)24/h5-8,10,19H,1-4H3,(H,20,22)(H2,18,23,24)/t10-/m0/s1. The molecule has 0 saturated heterocycles. The molecule has 0 aliphatic carbocycles. The van der Waals surface area contributed by atoms with Crippen molar-refractivity contribution in [1.29, 1.82) is 0 Å². The van der Waals surface area contributed by atoms with Crippen molar-refractivity contribution in [2.45, 2.75) is 38.6 Å². The van der Waals surface area contributed by atoms with Gasteiger partial charge in [0.15, 0.2) is 5.78 Å². The van der Waals surface area contributed by atoms with Gasteiger partial charge in [-0.25, -0.2) is 13.6 Å². The molecule has 7 nitrogen and oxygen atoms in total. The molecule has 4 N–H and O–H groups in total. The Morgan fingerprint density at radius 3 is 2.16 bits per heavy atom. The van der Waals surface area contributed by atoms with E-state index in [0.717, 1.165) is 5.56 Å². The van der Waals surface area contributed by atoms with Crippen LogP contribution in [0.25, 0.3) is 0 Å². The number of ketones is 1. The Bertz CT molecular complexity index is 928. The lowest BCUT2D eigenvalue weighted by Gasteiger charge is -2.14. The van der Waals surface area contributed by atoms with E-state index in [1.54, 1.807) is 32.9 Å². The summed E-state index contributed by atoms with van der Waals surface area (Å²) in [5.74, 6) is -0.437. The van der Waals surface area contributed by atoms with Crippen LogP contribution in [0.5, 0.6) is 0 Å². The van der Waals surface area contributed by atoms with Gasteiger partial charge in [-0.3, -0.25) is 9.59 Å². The molecule has 1 aromatic carbocycles. The van der Waals surface area contributed by atoms with Gasteiger partial charge in [0.1, 0.15) is 5.69 Å². The molecular weight excluding hydrogens is 342 g/mol. The van der Waals surface area contributed by atoms with E-state index >= 15 is 0 Å². The maximum Gasteiger partial charge on any atom is 0.268 e. The van der Waals surface area contributed by atoms with Gasteiger partial charge in [0.05, 0.1) is 10.9 Å². The molecule has 134 valence electrons. The van der Waals surface area contributed by atoms with Crippen molar-refractivity contribution in [2.75, 3.05) is 0 Å². The van der Waals surface area contributed by atoms with E-state index in [9.17, 15) is 18.0 Å². The van der Waals surface area contributed by atoms with Gasteiger partial charge in [0.25, 0.3) is 5.91 Å². The molecule has 0 saturated carbocycles. The number of Topliss-reactive ketones (excluding diaryl/α,β-unsaturated/α-hetero) is 1. The van der Waals surface area contributed by atoms with Gasteiger partial charge in [0.2, 0.25) is 10.0 Å². The van der Waals surface area contributed by atoms with Crippen LogP contribution in [-0.4, -0.2) is 25.1 Å². The summed E-state index contributed by atoms with van der Waals surface area (Å²) in [7, 11) is -3.75. The van der Waals surface area contributed by atoms with Crippen LogP contribution in [0.15, 0.2) is 29.2 Å². The monoisotopic (exact) mass is 363 g/mol. The average molecular weight is 363 g/mol. The number of benzene rings is 1. The second-order valence-electron chi connectivity index (χ2n) is 5.99. The molecule has 0 aliphatic heterocycles. The molecule has 8 heteroatoms. The minimum atomic E-state index is -3.75. The number of hydrogen-bond acceptors (Lipinski definition) is 4. The summed E-state index contributed by atoms with van der Waals surface area (Å²) in [6.45, 7) is 6.71. The summed E-state index contributed by atoms with van der Waals surface area (Å²) in [5.41, 5.74) is 2.86. The van der Waals surface area contributed by atoms with Crippen LogP contribution in [0.2, 0.25) is 0 Å². The molecule has 0 aliphatic rings. The van der Waals surface area contributed by atoms with Gasteiger partial charge in [-0.1, -0.05) is 12.1 Å². The number of H-pyrrole nitrogens is 1. The smallest absolute Gasteiger partial charge is 0.268 e. The number of carbonyl (C=O) groups is 2. The molecule has 25 heavy (non-hydrogen) atoms. The Morgan fingerprint density at radius 2 is 1.72 bits per heavy atom. The number of aryl methyl sites for hydroxylation is 1. The zero-order valence-corrected chi connectivity index (χ0v) is 15.3. The van der Waals surface area contributed by atoms with Gasteiger partial charge in [-0.05, 0) is 51.0 Å². The zero-order valence-electron chi connectivity index (χ0n) is 14.5. The molecule has 2 rings (SSSR count). The van der Waals surface area contributed by atoms with Crippen LogP contribution >= 0.6 is 0 Å². The third kappa shape index (κ3) is 3.97. The Labute approximate surface area is 146 Å². The Kier molecular flexibility index (Phi) is 5.15. The summed E-state index contributed by atoms with van der Waals surface area (Å²) >= 11 is 0. The quantitative estimate of drug-likeness (QED) is 0.703. The number of nitrogens with one attached hydrogen (secondary N) is 2. The van der Waals surface area contributed by atoms with E-state index < -0.39 is 10.0 Å². The highest BCUT2D eigenvalue weighted by molar-refractivity contribution is 7.89. The fourth-order valence-electron chi connectivity index (χ4n) is 2.80. The molecule has 1 aromatic heterocycles. The van der Waals surface area contributed by atoms with E-state index in [0.29, 0.717) is 22.5 Å². The fraction of sp³-hybridized carbons (Fsp3) is 0.294. The molecule has 0 spiro atoms. The minimum Gasteiger partial charge on any atom is -0.354 e. The molecular formula is C17H21N3O4S. The Morgan fingerprint density at radius 1 is 1.16 bits per heavy atom. The number of rotatable bonds is 5. The largest absolute Gasteiger partial charge is 0.354 e. The molecule has 1 amide bonds. The summed E-state index contributed by atoms with van der Waals surface area (Å²) in [4.78, 5) is 27.1. The van der Waals surface area contributed by atoms with Crippen LogP contribution in [-0.2, 0) is 10.0 Å². The number of aromatic nitrogens is 1. The van der Waals surface area contributed by atoms with E-state index in [-0.39, 0.29) is 22.6 Å². The van der Waals surface area contributed by atoms with Gasteiger partial charge in [0, 0.05) is 11.3 Å². The normalized spacial score (nSPS) is 12.7. The van der Waals surface area contributed by atoms with Crippen LogP contribution in [0.1, 0.15) is 57.6 Å². The first-order chi connectivity index (χ1) is 11.5. The van der Waals surface area contributed by atoms with Gasteiger partial charge >= 0.3 is 0 Å². The van der Waals surface area contributed by atoms with E-state index in [2.05, 4.69) is 10.3 Å². The summed E-state index contributed by atoms with van der Waals surface area (Å²) in [6, 6.07) is 5.62. The van der Waals surface area contributed by atoms with Crippen molar-refractivity contribution in [2.24, 2.45) is 5.14 Å². The number of amides is 1. The van der Waals surface area contributed by atoms with Crippen molar-refractivity contribution >= 4 is 21.7 Å². The minimum absolute atomic E-state index is 0.0108. The van der Waals surface area contributed by atoms with Crippen LogP contribution in [0.3, 0.4) is 0 Å². The average Bonchev–Trinajstić information content (AvgIpc) is 2.81. The number of carbonyl (C=O) groups excluding carboxylic acids is 2. The predicted molar refractivity (Wildman–Crippen MR) is 94.0 cm³/mol. The topological polar surface area (TPSA) is 122 Å². The highest BCUT2D eigenvalue weighted by Gasteiger charge is 2.21. The highest BCUT2D eigenvalue weighted by Crippen LogP contribution is 2.20. The van der Waals surface area contributed by atoms with Gasteiger partial charge in [-0.15, -0.1) is 0 Å². The van der Waals surface area contributed by atoms with Crippen molar-refractivity contribution in [1.82, 2.24) is 10.3 Å². The molecule has 1 heterocycles. The zero-order chi connectivity index (χ0) is 18.9. The first-order valence-corrected chi connectivity index (χ1v) is 9.20. The predicted octanol–water partition coefficient (Wildman–Crippen LogP) is 1.97. The molecule has 0 radical (unpaired) electrons. The fourth-order valence-corrected chi connectivity index (χ4v) is 3.32. The molecule has 0 bridgehead atoms. The van der Waals surface area contributed by atoms with Crippen molar-refractivity contribution in [3.63, 3.8) is 0 Å². The Balaban J connectivity index is 2.21. The van der Waals surface area contributed by atoms with Gasteiger partial charge in [-0.2, -0.15) is 0 Å². The number of hydrogen-bond donors (Lipinski definition) is 3. The number of aromatic amines is 1. The van der Waals surface area contributed by atoms with Crippen LogP contribution in [0.4, 0.5) is 0 Å². The molecule has 0 fully saturated rings. The van der Waals surface area contributed by atoms with E-state index in [1.165, 1.54) is 19.1 Å². The SMILES string of the molecule is CC(=O)c1c(C)[nH]c(C(=O)N[C@@H](C)c2ccc(S(N)(=O)=O)cc2)c1C. The van der Waals surface area contributed by atoms with Crippen LogP contribution < -0.4 is 10.5 Å². The maximum absolute atomic E-state index is 12.5. The second kappa shape index (κ2) is 6.81. The summed E-state index contributed by atoms with van der Waals surface area (Å²) in [5, 5.41) is 7.90. The Hall–Kier alpha value is -2.45. The van der Waals surface area contributed by atoms with Crippen molar-refractivity contribution in [3.8, 4) is 0 Å². The number of primary sulfonamides is 1. The van der Waals surface area contributed by atoms with E-state index in [1.807, 2.05) is 0 Å². The molecule has 0 unspecified atom stereocenters. The van der Waals surface area contributed by atoms with Gasteiger partial charge < -0.3 is 10.3 Å². The van der Waals surface area contributed by atoms with Crippen LogP contribution in [0, 0.1) is 13.8 Å².